The smallest absolute Gasteiger partial charge is 0.164 e. The molecule has 5 aliphatic rings. The number of hydrogen-bond acceptors (Lipinski definition) is 4. The quantitative estimate of drug-likeness (QED) is 0.172. The lowest BCUT2D eigenvalue weighted by Crippen LogP contribution is -2.48. The summed E-state index contributed by atoms with van der Waals surface area (Å²) >= 11 is 0. The van der Waals surface area contributed by atoms with Crippen molar-refractivity contribution in [1.29, 1.82) is 5.26 Å². The Morgan fingerprint density at radius 2 is 1.02 bits per heavy atom. The highest BCUT2D eigenvalue weighted by atomic mass is 15.0. The Balaban J connectivity index is 1.02. The highest BCUT2D eigenvalue weighted by molar-refractivity contribution is 5.85. The van der Waals surface area contributed by atoms with E-state index in [9.17, 15) is 5.26 Å². The number of aromatic nitrogens is 3. The maximum absolute atomic E-state index is 9.80. The van der Waals surface area contributed by atoms with Gasteiger partial charge in [0.1, 0.15) is 0 Å². The molecule has 0 spiro atoms. The number of nitriles is 1. The van der Waals surface area contributed by atoms with Gasteiger partial charge in [0.15, 0.2) is 17.5 Å². The Bertz CT molecular complexity index is 2600. The molecule has 4 saturated carbocycles. The van der Waals surface area contributed by atoms with Crippen LogP contribution in [0.15, 0.2) is 146 Å². The van der Waals surface area contributed by atoms with Crippen molar-refractivity contribution in [3.8, 4) is 62.5 Å². The van der Waals surface area contributed by atoms with Gasteiger partial charge in [-0.3, -0.25) is 0 Å². The van der Waals surface area contributed by atoms with Gasteiger partial charge in [-0.25, -0.2) is 15.0 Å². The van der Waals surface area contributed by atoms with Gasteiger partial charge in [-0.05, 0) is 124 Å². The number of rotatable bonds is 6. The molecule has 12 rings (SSSR count). The van der Waals surface area contributed by atoms with Crippen LogP contribution in [0.5, 0.6) is 0 Å². The predicted molar refractivity (Wildman–Crippen MR) is 219 cm³/mol. The van der Waals surface area contributed by atoms with Crippen molar-refractivity contribution >= 4 is 0 Å². The molecule has 1 unspecified atom stereocenters. The highest BCUT2D eigenvalue weighted by Crippen LogP contribution is 2.61. The number of nitrogens with zero attached hydrogens (tertiary/aromatic N) is 4. The summed E-state index contributed by atoms with van der Waals surface area (Å²) in [6.07, 6.45) is 8.48. The molecule has 0 radical (unpaired) electrons. The predicted octanol–water partition coefficient (Wildman–Crippen LogP) is 12.0. The van der Waals surface area contributed by atoms with Gasteiger partial charge in [0, 0.05) is 22.6 Å². The molecular formula is C51H40N4. The van der Waals surface area contributed by atoms with Crippen LogP contribution in [0.1, 0.15) is 72.3 Å². The van der Waals surface area contributed by atoms with E-state index in [-0.39, 0.29) is 5.92 Å². The van der Waals surface area contributed by atoms with E-state index in [0.29, 0.717) is 28.5 Å². The molecule has 0 aliphatic heterocycles. The van der Waals surface area contributed by atoms with Gasteiger partial charge >= 0.3 is 0 Å². The third-order valence-electron chi connectivity index (χ3n) is 13.2. The fourth-order valence-electron chi connectivity index (χ4n) is 11.2. The summed E-state index contributed by atoms with van der Waals surface area (Å²) in [6, 6.07) is 53.9. The summed E-state index contributed by atoms with van der Waals surface area (Å²) in [5.41, 5.74) is 13.6. The van der Waals surface area contributed by atoms with Crippen molar-refractivity contribution < 1.29 is 0 Å². The average Bonchev–Trinajstić information content (AvgIpc) is 3.56. The maximum atomic E-state index is 9.80. The summed E-state index contributed by atoms with van der Waals surface area (Å²) in [4.78, 5) is 15.6. The monoisotopic (exact) mass is 708 g/mol. The number of benzene rings is 6. The zero-order chi connectivity index (χ0) is 36.5. The van der Waals surface area contributed by atoms with Crippen LogP contribution in [-0.4, -0.2) is 15.0 Å². The highest BCUT2D eigenvalue weighted by Gasteiger charge is 2.51. The SMILES string of the molecule is N#Cc1ccc2c(c1)C(c1ccccc1)c1cc(-c3nc(-c4ccccc4)nc(-c4ccccc4-c4ccc(C56C[C@H]7C[C@@H](C5)C[C@@H](C6)C7)cc4)n3)ccc1-2. The van der Waals surface area contributed by atoms with Crippen LogP contribution in [0.2, 0.25) is 0 Å². The van der Waals surface area contributed by atoms with Gasteiger partial charge in [-0.15, -0.1) is 0 Å². The van der Waals surface area contributed by atoms with Crippen molar-refractivity contribution in [1.82, 2.24) is 15.0 Å². The molecule has 0 N–H and O–H groups in total. The molecule has 0 saturated heterocycles. The zero-order valence-electron chi connectivity index (χ0n) is 30.7. The van der Waals surface area contributed by atoms with E-state index in [1.54, 1.807) is 0 Å². The molecule has 1 aromatic heterocycles. The van der Waals surface area contributed by atoms with Crippen LogP contribution < -0.4 is 0 Å². The third-order valence-corrected chi connectivity index (χ3v) is 13.2. The van der Waals surface area contributed by atoms with Crippen molar-refractivity contribution in [2.75, 3.05) is 0 Å². The van der Waals surface area contributed by atoms with Crippen molar-refractivity contribution in [2.24, 2.45) is 17.8 Å². The standard InChI is InChI=1S/C51H40N4/c52-31-32-15-21-42-43-22-18-39(27-46(43)47(45(42)26-32)37-9-3-1-4-10-37)49-53-48(38-11-5-2-6-12-38)54-50(55-49)44-14-8-7-13-41(44)36-16-19-40(20-17-36)51-28-33-23-34(29-51)25-35(24-33)30-51/h1-22,26-27,33-35,47H,23-25,28-30H2/t33-,34+,35-,47?,51?. The Kier molecular flexibility index (Phi) is 7.46. The normalized spacial score (nSPS) is 22.9. The molecule has 4 bridgehead atoms. The topological polar surface area (TPSA) is 62.5 Å². The van der Waals surface area contributed by atoms with E-state index in [0.717, 1.165) is 45.6 Å². The van der Waals surface area contributed by atoms with Gasteiger partial charge in [0.05, 0.1) is 11.6 Å². The van der Waals surface area contributed by atoms with Gasteiger partial charge < -0.3 is 0 Å². The van der Waals surface area contributed by atoms with Gasteiger partial charge in [0.25, 0.3) is 0 Å². The Labute approximate surface area is 322 Å². The molecule has 1 heterocycles. The minimum Gasteiger partial charge on any atom is -0.208 e. The lowest BCUT2D eigenvalue weighted by Gasteiger charge is -2.57. The second-order valence-electron chi connectivity index (χ2n) is 16.6. The lowest BCUT2D eigenvalue weighted by atomic mass is 9.48. The van der Waals surface area contributed by atoms with Crippen LogP contribution in [-0.2, 0) is 5.41 Å². The zero-order valence-corrected chi connectivity index (χ0v) is 30.7. The van der Waals surface area contributed by atoms with Gasteiger partial charge in [-0.1, -0.05) is 127 Å². The second kappa shape index (κ2) is 12.7. The van der Waals surface area contributed by atoms with Crippen molar-refractivity contribution in [2.45, 2.75) is 49.9 Å². The van der Waals surface area contributed by atoms with E-state index >= 15 is 0 Å². The fraction of sp³-hybridized carbons (Fsp3) is 0.216. The van der Waals surface area contributed by atoms with Crippen molar-refractivity contribution in [3.05, 3.63) is 173 Å². The van der Waals surface area contributed by atoms with Crippen LogP contribution in [0.25, 0.3) is 56.4 Å². The van der Waals surface area contributed by atoms with Crippen LogP contribution in [0, 0.1) is 29.1 Å². The number of hydrogen-bond donors (Lipinski definition) is 0. The third kappa shape index (κ3) is 5.44. The first-order valence-electron chi connectivity index (χ1n) is 19.9. The van der Waals surface area contributed by atoms with Gasteiger partial charge in [0.2, 0.25) is 0 Å². The van der Waals surface area contributed by atoms with E-state index in [2.05, 4.69) is 121 Å². The van der Waals surface area contributed by atoms with E-state index in [1.807, 2.05) is 30.3 Å². The first kappa shape index (κ1) is 32.3. The van der Waals surface area contributed by atoms with Crippen LogP contribution in [0.4, 0.5) is 0 Å². The van der Waals surface area contributed by atoms with E-state index in [4.69, 9.17) is 15.0 Å². The molecule has 4 nitrogen and oxygen atoms in total. The summed E-state index contributed by atoms with van der Waals surface area (Å²) in [5.74, 6) is 4.71. The largest absolute Gasteiger partial charge is 0.208 e. The molecular weight excluding hydrogens is 669 g/mol. The fourth-order valence-corrected chi connectivity index (χ4v) is 11.2. The lowest BCUT2D eigenvalue weighted by molar-refractivity contribution is -0.00518. The Hall–Kier alpha value is -6.18. The van der Waals surface area contributed by atoms with E-state index in [1.165, 1.54) is 71.9 Å². The molecule has 5 aliphatic carbocycles. The first-order valence-corrected chi connectivity index (χ1v) is 19.9. The summed E-state index contributed by atoms with van der Waals surface area (Å²) in [6.45, 7) is 0. The summed E-state index contributed by atoms with van der Waals surface area (Å²) in [7, 11) is 0. The van der Waals surface area contributed by atoms with Crippen molar-refractivity contribution in [3.63, 3.8) is 0 Å². The van der Waals surface area contributed by atoms with Crippen LogP contribution >= 0.6 is 0 Å². The van der Waals surface area contributed by atoms with Gasteiger partial charge in [-0.2, -0.15) is 5.26 Å². The molecule has 264 valence electrons. The molecule has 7 aromatic rings. The maximum Gasteiger partial charge on any atom is 0.164 e. The first-order chi connectivity index (χ1) is 27.1. The summed E-state index contributed by atoms with van der Waals surface area (Å²) in [5, 5.41) is 9.80. The molecule has 1 atom stereocenters. The molecule has 4 fully saturated rings. The molecule has 55 heavy (non-hydrogen) atoms. The minimum absolute atomic E-state index is 0.00326. The van der Waals surface area contributed by atoms with E-state index < -0.39 is 0 Å². The molecule has 6 aromatic carbocycles. The second-order valence-corrected chi connectivity index (χ2v) is 16.6. The Morgan fingerprint density at radius 3 is 1.69 bits per heavy atom. The molecule has 0 amide bonds. The Morgan fingerprint density at radius 1 is 0.473 bits per heavy atom. The van der Waals surface area contributed by atoms with Crippen LogP contribution in [0.3, 0.4) is 0 Å². The molecule has 4 heteroatoms. The average molecular weight is 709 g/mol. The minimum atomic E-state index is -0.00326. The number of fused-ring (bicyclic) bond motifs is 3. The summed E-state index contributed by atoms with van der Waals surface area (Å²) < 4.78 is 0.